The van der Waals surface area contributed by atoms with E-state index in [-0.39, 0.29) is 6.54 Å². The number of rotatable bonds is 4. The molecule has 0 radical (unpaired) electrons. The van der Waals surface area contributed by atoms with E-state index in [0.717, 1.165) is 16.9 Å². The van der Waals surface area contributed by atoms with Gasteiger partial charge < -0.3 is 5.32 Å². The number of benzene rings is 1. The predicted molar refractivity (Wildman–Crippen MR) is 82.2 cm³/mol. The lowest BCUT2D eigenvalue weighted by atomic mass is 10.2. The van der Waals surface area contributed by atoms with Crippen LogP contribution in [0.1, 0.15) is 5.69 Å². The number of alkyl halides is 3. The second-order valence-corrected chi connectivity index (χ2v) is 5.38. The average molecular weight is 371 g/mol. The zero-order valence-electron chi connectivity index (χ0n) is 12.4. The van der Waals surface area contributed by atoms with Gasteiger partial charge in [-0.15, -0.1) is 0 Å². The second-order valence-electron chi connectivity index (χ2n) is 4.95. The number of aromatic nitrogens is 5. The highest BCUT2D eigenvalue weighted by molar-refractivity contribution is 6.31. The van der Waals surface area contributed by atoms with E-state index in [0.29, 0.717) is 16.4 Å². The Morgan fingerprint density at radius 2 is 2.08 bits per heavy atom. The summed E-state index contributed by atoms with van der Waals surface area (Å²) in [7, 11) is 0. The molecule has 1 N–H and O–H groups in total. The molecule has 0 spiro atoms. The lowest BCUT2D eigenvalue weighted by Crippen LogP contribution is -2.20. The number of carbonyl (C=O) groups is 1. The number of nitrogens with zero attached hydrogens (tertiary/aromatic N) is 5. The molecule has 7 nitrogen and oxygen atoms in total. The van der Waals surface area contributed by atoms with Crippen LogP contribution < -0.4 is 5.32 Å². The lowest BCUT2D eigenvalue weighted by Gasteiger charge is -2.11. The number of halogens is 4. The first kappa shape index (κ1) is 17.0. The number of hydrogen-bond donors (Lipinski definition) is 1. The first-order chi connectivity index (χ1) is 11.8. The van der Waals surface area contributed by atoms with Crippen molar-refractivity contribution in [3.8, 4) is 5.69 Å². The second kappa shape index (κ2) is 6.55. The molecule has 0 saturated heterocycles. The van der Waals surface area contributed by atoms with Gasteiger partial charge in [0.05, 0.1) is 11.4 Å². The van der Waals surface area contributed by atoms with Gasteiger partial charge in [0, 0.05) is 11.2 Å². The van der Waals surface area contributed by atoms with Gasteiger partial charge in [0.25, 0.3) is 0 Å². The van der Waals surface area contributed by atoms with Crippen molar-refractivity contribution in [2.24, 2.45) is 0 Å². The molecule has 0 saturated carbocycles. The monoisotopic (exact) mass is 370 g/mol. The maximum atomic E-state index is 12.5. The molecule has 3 rings (SSSR count). The molecule has 0 unspecified atom stereocenters. The van der Waals surface area contributed by atoms with Crippen molar-refractivity contribution >= 4 is 23.2 Å². The zero-order chi connectivity index (χ0) is 18.0. The quantitative estimate of drug-likeness (QED) is 0.766. The molecule has 1 amide bonds. The van der Waals surface area contributed by atoms with E-state index in [9.17, 15) is 18.0 Å². The van der Waals surface area contributed by atoms with Gasteiger partial charge >= 0.3 is 6.18 Å². The smallest absolute Gasteiger partial charge is 0.323 e. The van der Waals surface area contributed by atoms with Crippen LogP contribution in [-0.2, 0) is 17.5 Å². The maximum absolute atomic E-state index is 12.5. The molecule has 2 heterocycles. The molecule has 0 bridgehead atoms. The molecule has 0 aliphatic heterocycles. The third kappa shape index (κ3) is 3.97. The van der Waals surface area contributed by atoms with E-state index in [1.165, 1.54) is 23.4 Å². The van der Waals surface area contributed by atoms with E-state index >= 15 is 0 Å². The third-order valence-electron chi connectivity index (χ3n) is 3.13. The van der Waals surface area contributed by atoms with Crippen molar-refractivity contribution in [3.63, 3.8) is 0 Å². The molecule has 0 fully saturated rings. The van der Waals surface area contributed by atoms with E-state index in [1.54, 1.807) is 12.1 Å². The van der Waals surface area contributed by atoms with E-state index in [2.05, 4.69) is 20.5 Å². The van der Waals surface area contributed by atoms with Crippen molar-refractivity contribution in [3.05, 3.63) is 53.8 Å². The number of anilines is 1. The number of nitrogens with one attached hydrogen (secondary N) is 1. The third-order valence-corrected chi connectivity index (χ3v) is 3.37. The molecule has 130 valence electrons. The predicted octanol–water partition coefficient (Wildman–Crippen LogP) is 2.77. The maximum Gasteiger partial charge on any atom is 0.435 e. The Morgan fingerprint density at radius 3 is 2.72 bits per heavy atom. The molecule has 0 aliphatic rings. The summed E-state index contributed by atoms with van der Waals surface area (Å²) in [6.07, 6.45) is -0.724. The average Bonchev–Trinajstić information content (AvgIpc) is 3.18. The van der Waals surface area contributed by atoms with Crippen LogP contribution in [0.15, 0.2) is 43.1 Å². The summed E-state index contributed by atoms with van der Waals surface area (Å²) in [6.45, 7) is -0.389. The van der Waals surface area contributed by atoms with Crippen LogP contribution >= 0.6 is 11.6 Å². The van der Waals surface area contributed by atoms with E-state index in [4.69, 9.17) is 11.6 Å². The van der Waals surface area contributed by atoms with Crippen molar-refractivity contribution in [2.75, 3.05) is 5.32 Å². The normalized spacial score (nSPS) is 11.5. The largest absolute Gasteiger partial charge is 0.435 e. The fourth-order valence-electron chi connectivity index (χ4n) is 2.08. The Morgan fingerprint density at radius 1 is 1.28 bits per heavy atom. The SMILES string of the molecule is O=C(Cn1ccc(C(F)(F)F)n1)Nc1cc(Cl)ccc1-n1cncn1. The molecule has 25 heavy (non-hydrogen) atoms. The van der Waals surface area contributed by atoms with Crippen molar-refractivity contribution in [1.82, 2.24) is 24.5 Å². The molecular formula is C14H10ClF3N6O. The Hall–Kier alpha value is -2.88. The topological polar surface area (TPSA) is 77.6 Å². The molecule has 3 aromatic rings. The minimum Gasteiger partial charge on any atom is -0.323 e. The summed E-state index contributed by atoms with van der Waals surface area (Å²) < 4.78 is 39.9. The van der Waals surface area contributed by atoms with E-state index < -0.39 is 17.8 Å². The molecular weight excluding hydrogens is 361 g/mol. The zero-order valence-corrected chi connectivity index (χ0v) is 13.2. The minimum atomic E-state index is -4.56. The molecule has 11 heteroatoms. The number of hydrogen-bond acceptors (Lipinski definition) is 4. The van der Waals surface area contributed by atoms with Crippen LogP contribution in [0.4, 0.5) is 18.9 Å². The van der Waals surface area contributed by atoms with Gasteiger partial charge in [-0.2, -0.15) is 23.4 Å². The highest BCUT2D eigenvalue weighted by Crippen LogP contribution is 2.27. The van der Waals surface area contributed by atoms with Crippen LogP contribution in [-0.4, -0.2) is 30.5 Å². The van der Waals surface area contributed by atoms with Crippen LogP contribution in [0.3, 0.4) is 0 Å². The Bertz CT molecular complexity index is 890. The van der Waals surface area contributed by atoms with Crippen LogP contribution in [0, 0.1) is 0 Å². The van der Waals surface area contributed by atoms with Crippen molar-refractivity contribution in [1.29, 1.82) is 0 Å². The summed E-state index contributed by atoms with van der Waals surface area (Å²) in [5.41, 5.74) is -0.218. The first-order valence-corrected chi connectivity index (χ1v) is 7.26. The molecule has 1 aromatic carbocycles. The van der Waals surface area contributed by atoms with Crippen LogP contribution in [0.5, 0.6) is 0 Å². The fraction of sp³-hybridized carbons (Fsp3) is 0.143. The minimum absolute atomic E-state index is 0.339. The molecule has 2 aromatic heterocycles. The lowest BCUT2D eigenvalue weighted by molar-refractivity contribution is -0.141. The Kier molecular flexibility index (Phi) is 4.45. The molecule has 0 atom stereocenters. The fourth-order valence-corrected chi connectivity index (χ4v) is 2.25. The first-order valence-electron chi connectivity index (χ1n) is 6.88. The van der Waals surface area contributed by atoms with Gasteiger partial charge in [-0.25, -0.2) is 9.67 Å². The summed E-state index contributed by atoms with van der Waals surface area (Å²) in [5.74, 6) is -0.569. The van der Waals surface area contributed by atoms with E-state index in [1.807, 2.05) is 0 Å². The summed E-state index contributed by atoms with van der Waals surface area (Å²) in [4.78, 5) is 16.0. The Balaban J connectivity index is 1.77. The van der Waals surface area contributed by atoms with Gasteiger partial charge in [-0.05, 0) is 24.3 Å². The van der Waals surface area contributed by atoms with Gasteiger partial charge in [-0.3, -0.25) is 9.48 Å². The van der Waals surface area contributed by atoms with Gasteiger partial charge in [0.1, 0.15) is 19.2 Å². The van der Waals surface area contributed by atoms with Crippen LogP contribution in [0.25, 0.3) is 5.69 Å². The highest BCUT2D eigenvalue weighted by Gasteiger charge is 2.33. The highest BCUT2D eigenvalue weighted by atomic mass is 35.5. The van der Waals surface area contributed by atoms with Crippen molar-refractivity contribution in [2.45, 2.75) is 12.7 Å². The molecule has 0 aliphatic carbocycles. The van der Waals surface area contributed by atoms with Gasteiger partial charge in [-0.1, -0.05) is 11.6 Å². The number of amides is 1. The van der Waals surface area contributed by atoms with Gasteiger partial charge in [0.2, 0.25) is 5.91 Å². The summed E-state index contributed by atoms with van der Waals surface area (Å²) in [6, 6.07) is 5.54. The Labute approximate surface area is 144 Å². The number of carbonyl (C=O) groups excluding carboxylic acids is 1. The summed E-state index contributed by atoms with van der Waals surface area (Å²) in [5, 5.41) is 10.3. The standard InChI is InChI=1S/C14H10ClF3N6O/c15-9-1-2-11(24-8-19-7-20-24)10(5-9)21-13(25)6-23-4-3-12(22-23)14(16,17)18/h1-5,7-8H,6H2,(H,21,25). The summed E-state index contributed by atoms with van der Waals surface area (Å²) >= 11 is 5.94. The van der Waals surface area contributed by atoms with Crippen molar-refractivity contribution < 1.29 is 18.0 Å². The van der Waals surface area contributed by atoms with Crippen LogP contribution in [0.2, 0.25) is 5.02 Å². The van der Waals surface area contributed by atoms with Gasteiger partial charge in [0.15, 0.2) is 5.69 Å².